The molecule has 1 N–H and O–H groups in total. The van der Waals surface area contributed by atoms with E-state index in [1.165, 1.54) is 50.0 Å². The van der Waals surface area contributed by atoms with Gasteiger partial charge in [0.15, 0.2) is 0 Å². The van der Waals surface area contributed by atoms with Gasteiger partial charge in [-0.2, -0.15) is 11.8 Å². The van der Waals surface area contributed by atoms with Crippen LogP contribution < -0.4 is 5.32 Å². The van der Waals surface area contributed by atoms with Crippen LogP contribution in [0.1, 0.15) is 45.4 Å². The third kappa shape index (κ3) is 10.3. The summed E-state index contributed by atoms with van der Waals surface area (Å²) in [7, 11) is 2.08. The van der Waals surface area contributed by atoms with E-state index in [1.807, 2.05) is 6.08 Å². The van der Waals surface area contributed by atoms with E-state index in [0.29, 0.717) is 6.04 Å². The van der Waals surface area contributed by atoms with Crippen LogP contribution in [-0.2, 0) is 0 Å². The van der Waals surface area contributed by atoms with Gasteiger partial charge in [0, 0.05) is 11.8 Å². The van der Waals surface area contributed by atoms with Crippen molar-refractivity contribution in [3.63, 3.8) is 0 Å². The lowest BCUT2D eigenvalue weighted by Gasteiger charge is -2.15. The molecule has 1 atom stereocenters. The summed E-state index contributed by atoms with van der Waals surface area (Å²) in [5, 5.41) is 3.41. The Kier molecular flexibility index (Phi) is 12.2. The van der Waals surface area contributed by atoms with Gasteiger partial charge in [-0.25, -0.2) is 0 Å². The van der Waals surface area contributed by atoms with E-state index in [9.17, 15) is 0 Å². The fourth-order valence-corrected chi connectivity index (χ4v) is 2.61. The molecule has 0 saturated heterocycles. The first kappa shape index (κ1) is 15.0. The number of hydrogen-bond donors (Lipinski definition) is 1. The van der Waals surface area contributed by atoms with Gasteiger partial charge in [-0.3, -0.25) is 0 Å². The molecule has 0 aliphatic rings. The van der Waals surface area contributed by atoms with E-state index in [1.54, 1.807) is 0 Å². The largest absolute Gasteiger partial charge is 0.316 e. The molecule has 0 aromatic rings. The first-order valence-electron chi connectivity index (χ1n) is 6.21. The van der Waals surface area contributed by atoms with Gasteiger partial charge in [0.05, 0.1) is 0 Å². The maximum Gasteiger partial charge on any atom is 0.0155 e. The summed E-state index contributed by atoms with van der Waals surface area (Å²) in [6.45, 7) is 5.99. The Morgan fingerprint density at radius 1 is 1.33 bits per heavy atom. The highest BCUT2D eigenvalue weighted by molar-refractivity contribution is 7.99. The van der Waals surface area contributed by atoms with Gasteiger partial charge in [-0.1, -0.05) is 25.8 Å². The van der Waals surface area contributed by atoms with Crippen LogP contribution in [-0.4, -0.2) is 24.6 Å². The lowest BCUT2D eigenvalue weighted by molar-refractivity contribution is 0.526. The molecule has 0 rings (SSSR count). The standard InChI is InChI=1S/C13H27NS/c1-4-6-7-8-9-10-13(14-3)12-15-11-5-2/h4,13-14H,1,5-12H2,2-3H3. The van der Waals surface area contributed by atoms with Crippen molar-refractivity contribution in [2.45, 2.75) is 51.5 Å². The Labute approximate surface area is 100 Å². The van der Waals surface area contributed by atoms with Crippen molar-refractivity contribution in [1.29, 1.82) is 0 Å². The quantitative estimate of drug-likeness (QED) is 0.426. The van der Waals surface area contributed by atoms with Crippen LogP contribution in [0, 0.1) is 0 Å². The second-order valence-corrected chi connectivity index (χ2v) is 5.14. The summed E-state index contributed by atoms with van der Waals surface area (Å²) in [5.74, 6) is 2.57. The molecule has 0 fully saturated rings. The zero-order chi connectivity index (χ0) is 11.4. The van der Waals surface area contributed by atoms with Gasteiger partial charge in [-0.15, -0.1) is 6.58 Å². The van der Waals surface area contributed by atoms with Crippen LogP contribution in [0.25, 0.3) is 0 Å². The molecule has 0 aliphatic heterocycles. The summed E-state index contributed by atoms with van der Waals surface area (Å²) in [6.07, 6.45) is 9.82. The number of hydrogen-bond acceptors (Lipinski definition) is 2. The fourth-order valence-electron chi connectivity index (χ4n) is 1.54. The molecule has 2 heteroatoms. The predicted octanol–water partition coefficient (Wildman–Crippen LogP) is 3.85. The Hall–Kier alpha value is 0.0500. The average molecular weight is 229 g/mol. The van der Waals surface area contributed by atoms with Crippen molar-refractivity contribution in [3.8, 4) is 0 Å². The van der Waals surface area contributed by atoms with Gasteiger partial charge < -0.3 is 5.32 Å². The van der Waals surface area contributed by atoms with Crippen LogP contribution in [0.3, 0.4) is 0 Å². The molecule has 15 heavy (non-hydrogen) atoms. The van der Waals surface area contributed by atoms with E-state index < -0.39 is 0 Å². The van der Waals surface area contributed by atoms with Gasteiger partial charge in [-0.05, 0) is 38.5 Å². The highest BCUT2D eigenvalue weighted by Crippen LogP contribution is 2.11. The van der Waals surface area contributed by atoms with Gasteiger partial charge in [0.25, 0.3) is 0 Å². The molecule has 0 bridgehead atoms. The van der Waals surface area contributed by atoms with E-state index in [4.69, 9.17) is 0 Å². The minimum Gasteiger partial charge on any atom is -0.316 e. The number of unbranched alkanes of at least 4 members (excludes halogenated alkanes) is 3. The lowest BCUT2D eigenvalue weighted by Crippen LogP contribution is -2.27. The summed E-state index contributed by atoms with van der Waals surface area (Å²) >= 11 is 2.08. The Balaban J connectivity index is 3.31. The fraction of sp³-hybridized carbons (Fsp3) is 0.846. The highest BCUT2D eigenvalue weighted by Gasteiger charge is 2.04. The molecule has 90 valence electrons. The molecule has 0 heterocycles. The zero-order valence-corrected chi connectivity index (χ0v) is 11.2. The molecule has 1 unspecified atom stereocenters. The van der Waals surface area contributed by atoms with Crippen LogP contribution in [0.2, 0.25) is 0 Å². The van der Waals surface area contributed by atoms with Crippen molar-refractivity contribution in [1.82, 2.24) is 5.32 Å². The maximum absolute atomic E-state index is 3.74. The van der Waals surface area contributed by atoms with Crippen molar-refractivity contribution in [2.24, 2.45) is 0 Å². The lowest BCUT2D eigenvalue weighted by atomic mass is 10.1. The summed E-state index contributed by atoms with van der Waals surface area (Å²) in [5.41, 5.74) is 0. The molecule has 0 spiro atoms. The number of nitrogens with one attached hydrogen (secondary N) is 1. The normalized spacial score (nSPS) is 12.7. The summed E-state index contributed by atoms with van der Waals surface area (Å²) in [4.78, 5) is 0. The summed E-state index contributed by atoms with van der Waals surface area (Å²) in [6, 6.07) is 0.713. The molecule has 0 aliphatic carbocycles. The second-order valence-electron chi connectivity index (χ2n) is 3.99. The third-order valence-corrected chi connectivity index (χ3v) is 3.87. The molecule has 0 saturated carbocycles. The minimum atomic E-state index is 0.713. The van der Waals surface area contributed by atoms with Crippen molar-refractivity contribution in [2.75, 3.05) is 18.6 Å². The minimum absolute atomic E-state index is 0.713. The van der Waals surface area contributed by atoms with E-state index in [0.717, 1.165) is 0 Å². The first-order chi connectivity index (χ1) is 7.35. The summed E-state index contributed by atoms with van der Waals surface area (Å²) < 4.78 is 0. The van der Waals surface area contributed by atoms with Crippen molar-refractivity contribution >= 4 is 11.8 Å². The van der Waals surface area contributed by atoms with Crippen LogP contribution in [0.5, 0.6) is 0 Å². The Bertz CT molecular complexity index is 136. The monoisotopic (exact) mass is 229 g/mol. The highest BCUT2D eigenvalue weighted by atomic mass is 32.2. The third-order valence-electron chi connectivity index (χ3n) is 2.54. The second kappa shape index (κ2) is 12.1. The zero-order valence-electron chi connectivity index (χ0n) is 10.4. The number of allylic oxidation sites excluding steroid dienone is 1. The van der Waals surface area contributed by atoms with Crippen LogP contribution >= 0.6 is 11.8 Å². The number of rotatable bonds is 11. The molecule has 0 aromatic carbocycles. The molecular weight excluding hydrogens is 202 g/mol. The van der Waals surface area contributed by atoms with Gasteiger partial charge in [0.1, 0.15) is 0 Å². The van der Waals surface area contributed by atoms with Crippen LogP contribution in [0.15, 0.2) is 12.7 Å². The number of thioether (sulfide) groups is 1. The van der Waals surface area contributed by atoms with Gasteiger partial charge in [0.2, 0.25) is 0 Å². The van der Waals surface area contributed by atoms with Gasteiger partial charge >= 0.3 is 0 Å². The Morgan fingerprint density at radius 3 is 2.73 bits per heavy atom. The molecule has 1 nitrogen and oxygen atoms in total. The molecular formula is C13H27NS. The van der Waals surface area contributed by atoms with Crippen molar-refractivity contribution in [3.05, 3.63) is 12.7 Å². The SMILES string of the molecule is C=CCCCCCC(CSCCC)NC. The Morgan fingerprint density at radius 2 is 2.13 bits per heavy atom. The molecule has 0 amide bonds. The predicted molar refractivity (Wildman–Crippen MR) is 73.7 cm³/mol. The molecule has 0 radical (unpaired) electrons. The topological polar surface area (TPSA) is 12.0 Å². The van der Waals surface area contributed by atoms with E-state index in [-0.39, 0.29) is 0 Å². The van der Waals surface area contributed by atoms with Crippen molar-refractivity contribution < 1.29 is 0 Å². The van der Waals surface area contributed by atoms with Crippen LogP contribution in [0.4, 0.5) is 0 Å². The first-order valence-corrected chi connectivity index (χ1v) is 7.36. The van der Waals surface area contributed by atoms with E-state index >= 15 is 0 Å². The average Bonchev–Trinajstić information content (AvgIpc) is 2.26. The maximum atomic E-state index is 3.74. The smallest absolute Gasteiger partial charge is 0.0155 e. The molecule has 0 aromatic heterocycles. The van der Waals surface area contributed by atoms with E-state index in [2.05, 4.69) is 37.6 Å².